The number of pyridine rings is 1. The van der Waals surface area contributed by atoms with Gasteiger partial charge in [-0.3, -0.25) is 4.79 Å². The summed E-state index contributed by atoms with van der Waals surface area (Å²) >= 11 is 3.38. The van der Waals surface area contributed by atoms with Crippen molar-refractivity contribution in [1.29, 1.82) is 0 Å². The zero-order valence-electron chi connectivity index (χ0n) is 14.1. The molecular formula is C21H16BrN3O. The Morgan fingerprint density at radius 3 is 2.58 bits per heavy atom. The summed E-state index contributed by atoms with van der Waals surface area (Å²) in [5.74, 6) is -0.138. The molecule has 1 N–H and O–H groups in total. The number of imidazole rings is 1. The Labute approximate surface area is 159 Å². The number of nitrogens with one attached hydrogen (secondary N) is 1. The summed E-state index contributed by atoms with van der Waals surface area (Å²) in [6, 6.07) is 21.0. The second-order valence-corrected chi connectivity index (χ2v) is 6.98. The van der Waals surface area contributed by atoms with E-state index in [1.165, 1.54) is 0 Å². The van der Waals surface area contributed by atoms with Crippen LogP contribution < -0.4 is 5.32 Å². The Morgan fingerprint density at radius 2 is 1.81 bits per heavy atom. The Hall–Kier alpha value is -2.92. The number of benzene rings is 2. The highest BCUT2D eigenvalue weighted by molar-refractivity contribution is 9.10. The first-order chi connectivity index (χ1) is 12.6. The highest BCUT2D eigenvalue weighted by atomic mass is 79.9. The van der Waals surface area contributed by atoms with E-state index in [2.05, 4.69) is 30.6 Å². The molecule has 0 radical (unpaired) electrons. The lowest BCUT2D eigenvalue weighted by atomic mass is 10.1. The fraction of sp³-hybridized carbons (Fsp3) is 0.0476. The van der Waals surface area contributed by atoms with Crippen LogP contribution in [0.4, 0.5) is 5.69 Å². The number of carbonyl (C=O) groups is 1. The van der Waals surface area contributed by atoms with Crippen LogP contribution in [0.3, 0.4) is 0 Å². The molecule has 26 heavy (non-hydrogen) atoms. The fourth-order valence-corrected chi connectivity index (χ4v) is 3.11. The summed E-state index contributed by atoms with van der Waals surface area (Å²) in [7, 11) is 0. The second-order valence-electron chi connectivity index (χ2n) is 6.06. The lowest BCUT2D eigenvalue weighted by Gasteiger charge is -2.07. The van der Waals surface area contributed by atoms with Gasteiger partial charge in [-0.05, 0) is 55.5 Å². The van der Waals surface area contributed by atoms with Crippen molar-refractivity contribution < 1.29 is 4.79 Å². The monoisotopic (exact) mass is 405 g/mol. The van der Waals surface area contributed by atoms with Crippen LogP contribution in [0.5, 0.6) is 0 Å². The lowest BCUT2D eigenvalue weighted by molar-refractivity contribution is 0.102. The zero-order chi connectivity index (χ0) is 18.1. The maximum Gasteiger partial charge on any atom is 0.255 e. The molecule has 1 amide bonds. The molecule has 0 saturated carbocycles. The number of aromatic nitrogens is 2. The van der Waals surface area contributed by atoms with Gasteiger partial charge in [-0.25, -0.2) is 4.98 Å². The van der Waals surface area contributed by atoms with Crippen molar-refractivity contribution in [3.8, 4) is 11.3 Å². The molecular weight excluding hydrogens is 390 g/mol. The van der Waals surface area contributed by atoms with Crippen LogP contribution >= 0.6 is 15.9 Å². The number of aryl methyl sites for hydroxylation is 1. The topological polar surface area (TPSA) is 46.4 Å². The Balaban J connectivity index is 1.62. The van der Waals surface area contributed by atoms with Crippen LogP contribution in [0.15, 0.2) is 77.4 Å². The number of carbonyl (C=O) groups excluding carboxylic acids is 1. The molecule has 4 nitrogen and oxygen atoms in total. The highest BCUT2D eigenvalue weighted by Crippen LogP contribution is 2.23. The molecule has 0 aliphatic carbocycles. The Bertz CT molecular complexity index is 1100. The van der Waals surface area contributed by atoms with E-state index in [0.29, 0.717) is 5.56 Å². The molecule has 2 aromatic carbocycles. The summed E-state index contributed by atoms with van der Waals surface area (Å²) < 4.78 is 3.00. The predicted octanol–water partition coefficient (Wildman–Crippen LogP) is 5.32. The molecule has 0 aliphatic rings. The van der Waals surface area contributed by atoms with Gasteiger partial charge in [-0.1, -0.05) is 34.1 Å². The fourth-order valence-electron chi connectivity index (χ4n) is 2.85. The minimum atomic E-state index is -0.138. The standard InChI is InChI=1S/C21H16BrN3O/c1-14-4-2-7-20-24-19(13-25(14)20)16-5-3-6-18(12-16)23-21(26)15-8-10-17(22)11-9-15/h2-13H,1H3,(H,23,26). The molecule has 0 aliphatic heterocycles. The van der Waals surface area contributed by atoms with Crippen LogP contribution in [0.1, 0.15) is 16.1 Å². The molecule has 0 atom stereocenters. The van der Waals surface area contributed by atoms with E-state index in [0.717, 1.165) is 32.8 Å². The molecule has 0 bridgehead atoms. The van der Waals surface area contributed by atoms with Gasteiger partial charge in [0, 0.05) is 33.2 Å². The molecule has 2 heterocycles. The van der Waals surface area contributed by atoms with Crippen molar-refractivity contribution in [2.24, 2.45) is 0 Å². The molecule has 0 fully saturated rings. The van der Waals surface area contributed by atoms with Crippen molar-refractivity contribution in [3.63, 3.8) is 0 Å². The summed E-state index contributed by atoms with van der Waals surface area (Å²) in [5.41, 5.74) is 5.22. The van der Waals surface area contributed by atoms with Gasteiger partial charge < -0.3 is 9.72 Å². The summed E-state index contributed by atoms with van der Waals surface area (Å²) in [6.07, 6.45) is 2.01. The highest BCUT2D eigenvalue weighted by Gasteiger charge is 2.09. The third kappa shape index (κ3) is 3.26. The van der Waals surface area contributed by atoms with Gasteiger partial charge in [0.15, 0.2) is 0 Å². The van der Waals surface area contributed by atoms with Gasteiger partial charge in [-0.2, -0.15) is 0 Å². The number of fused-ring (bicyclic) bond motifs is 1. The Morgan fingerprint density at radius 1 is 1.04 bits per heavy atom. The number of hydrogen-bond donors (Lipinski definition) is 1. The predicted molar refractivity (Wildman–Crippen MR) is 107 cm³/mol. The van der Waals surface area contributed by atoms with E-state index < -0.39 is 0 Å². The number of nitrogens with zero attached hydrogens (tertiary/aromatic N) is 2. The van der Waals surface area contributed by atoms with Gasteiger partial charge in [0.2, 0.25) is 0 Å². The number of anilines is 1. The molecule has 5 heteroatoms. The minimum Gasteiger partial charge on any atom is -0.322 e. The number of rotatable bonds is 3. The second kappa shape index (κ2) is 6.77. The summed E-state index contributed by atoms with van der Waals surface area (Å²) in [6.45, 7) is 2.05. The molecule has 2 aromatic heterocycles. The SMILES string of the molecule is Cc1cccc2nc(-c3cccc(NC(=O)c4ccc(Br)cc4)c3)cn12. The number of halogens is 1. The zero-order valence-corrected chi connectivity index (χ0v) is 15.7. The van der Waals surface area contributed by atoms with Crippen LogP contribution in [-0.4, -0.2) is 15.3 Å². The molecule has 0 unspecified atom stereocenters. The smallest absolute Gasteiger partial charge is 0.255 e. The number of hydrogen-bond acceptors (Lipinski definition) is 2. The largest absolute Gasteiger partial charge is 0.322 e. The first-order valence-corrected chi connectivity index (χ1v) is 9.01. The minimum absolute atomic E-state index is 0.138. The molecule has 128 valence electrons. The van der Waals surface area contributed by atoms with Crippen molar-refractivity contribution in [1.82, 2.24) is 9.38 Å². The molecule has 4 aromatic rings. The quantitative estimate of drug-likeness (QED) is 0.500. The first kappa shape index (κ1) is 16.5. The van der Waals surface area contributed by atoms with Gasteiger partial charge in [0.25, 0.3) is 5.91 Å². The van der Waals surface area contributed by atoms with Crippen LogP contribution in [0.25, 0.3) is 16.9 Å². The third-order valence-electron chi connectivity index (χ3n) is 4.22. The van der Waals surface area contributed by atoms with Gasteiger partial charge in [0.1, 0.15) is 5.65 Å². The summed E-state index contributed by atoms with van der Waals surface area (Å²) in [5, 5.41) is 2.94. The van der Waals surface area contributed by atoms with Gasteiger partial charge in [-0.15, -0.1) is 0 Å². The van der Waals surface area contributed by atoms with Gasteiger partial charge >= 0.3 is 0 Å². The van der Waals surface area contributed by atoms with Crippen LogP contribution in [0.2, 0.25) is 0 Å². The molecule has 4 rings (SSSR count). The average molecular weight is 406 g/mol. The molecule has 0 saturated heterocycles. The van der Waals surface area contributed by atoms with E-state index in [9.17, 15) is 4.79 Å². The third-order valence-corrected chi connectivity index (χ3v) is 4.75. The summed E-state index contributed by atoms with van der Waals surface area (Å²) in [4.78, 5) is 17.1. The van der Waals surface area contributed by atoms with E-state index in [1.54, 1.807) is 12.1 Å². The van der Waals surface area contributed by atoms with E-state index in [4.69, 9.17) is 0 Å². The van der Waals surface area contributed by atoms with Crippen LogP contribution in [-0.2, 0) is 0 Å². The van der Waals surface area contributed by atoms with Crippen molar-refractivity contribution in [2.45, 2.75) is 6.92 Å². The first-order valence-electron chi connectivity index (χ1n) is 8.22. The van der Waals surface area contributed by atoms with Crippen LogP contribution in [0, 0.1) is 6.92 Å². The molecule has 0 spiro atoms. The maximum atomic E-state index is 12.4. The van der Waals surface area contributed by atoms with Crippen molar-refractivity contribution in [2.75, 3.05) is 5.32 Å². The van der Waals surface area contributed by atoms with Crippen molar-refractivity contribution >= 4 is 33.2 Å². The van der Waals surface area contributed by atoms with E-state index in [1.807, 2.05) is 67.7 Å². The average Bonchev–Trinajstić information content (AvgIpc) is 3.08. The lowest BCUT2D eigenvalue weighted by Crippen LogP contribution is -2.11. The Kier molecular flexibility index (Phi) is 4.31. The van der Waals surface area contributed by atoms with E-state index >= 15 is 0 Å². The number of amides is 1. The van der Waals surface area contributed by atoms with Crippen molar-refractivity contribution in [3.05, 3.63) is 88.7 Å². The van der Waals surface area contributed by atoms with Gasteiger partial charge in [0.05, 0.1) is 5.69 Å². The maximum absolute atomic E-state index is 12.4. The normalized spacial score (nSPS) is 10.8. The van der Waals surface area contributed by atoms with E-state index in [-0.39, 0.29) is 5.91 Å².